The van der Waals surface area contributed by atoms with Crippen LogP contribution in [0.2, 0.25) is 0 Å². The Bertz CT molecular complexity index is 1090. The Morgan fingerprint density at radius 1 is 0.842 bits per heavy atom. The fourth-order valence-corrected chi connectivity index (χ4v) is 11.0. The van der Waals surface area contributed by atoms with Gasteiger partial charge in [0, 0.05) is 12.3 Å². The topological polar surface area (TPSA) is 101 Å². The van der Waals surface area contributed by atoms with E-state index in [0.717, 1.165) is 38.5 Å². The van der Waals surface area contributed by atoms with Crippen LogP contribution in [0.3, 0.4) is 0 Å². The standard InChI is InChI=1S/C32H48O6/c1-19(33)38-24-11-12-29(5)22(27(24,2)3)10-13-31(7)23(29)9-8-20-21-18-28(4,25(34)35)14-16-32(21,26(36)37)17-15-30(20,31)6/h8,21-24H,9-18H2,1-7H3,(H,34,35)(H,36,37)/t21-,22-,23+,24+,28+,29-,30+,31+,32-/m0/s1. The molecule has 0 bridgehead atoms. The maximum Gasteiger partial charge on any atom is 0.310 e. The number of hydrogen-bond donors (Lipinski definition) is 2. The van der Waals surface area contributed by atoms with E-state index in [-0.39, 0.29) is 39.7 Å². The Hall–Kier alpha value is -1.85. The third-order valence-electron chi connectivity index (χ3n) is 13.6. The highest BCUT2D eigenvalue weighted by Crippen LogP contribution is 2.75. The van der Waals surface area contributed by atoms with Gasteiger partial charge < -0.3 is 14.9 Å². The van der Waals surface area contributed by atoms with Gasteiger partial charge in [0.1, 0.15) is 6.10 Å². The minimum atomic E-state index is -0.886. The molecule has 0 aromatic rings. The second-order valence-electron chi connectivity index (χ2n) is 15.3. The van der Waals surface area contributed by atoms with Crippen molar-refractivity contribution in [2.45, 2.75) is 119 Å². The minimum absolute atomic E-state index is 0.00835. The molecule has 0 spiro atoms. The highest BCUT2D eigenvalue weighted by molar-refractivity contribution is 5.79. The minimum Gasteiger partial charge on any atom is -0.481 e. The molecule has 0 aromatic heterocycles. The van der Waals surface area contributed by atoms with Crippen LogP contribution in [0.25, 0.3) is 0 Å². The molecule has 4 fully saturated rings. The molecule has 2 N–H and O–H groups in total. The number of esters is 1. The molecule has 0 aliphatic heterocycles. The Balaban J connectivity index is 1.56. The summed E-state index contributed by atoms with van der Waals surface area (Å²) in [5, 5.41) is 20.6. The Morgan fingerprint density at radius 3 is 2.11 bits per heavy atom. The molecule has 0 saturated heterocycles. The van der Waals surface area contributed by atoms with Gasteiger partial charge in [-0.1, -0.05) is 46.3 Å². The van der Waals surface area contributed by atoms with Crippen molar-refractivity contribution in [3.05, 3.63) is 11.6 Å². The molecule has 0 unspecified atom stereocenters. The quantitative estimate of drug-likeness (QED) is 0.306. The summed E-state index contributed by atoms with van der Waals surface area (Å²) in [4.78, 5) is 37.0. The smallest absolute Gasteiger partial charge is 0.310 e. The van der Waals surface area contributed by atoms with Crippen LogP contribution in [0.4, 0.5) is 0 Å². The lowest BCUT2D eigenvalue weighted by molar-refractivity contribution is -0.213. The van der Waals surface area contributed by atoms with Crippen LogP contribution in [-0.2, 0) is 19.1 Å². The number of carbonyl (C=O) groups is 3. The Morgan fingerprint density at radius 2 is 1.50 bits per heavy atom. The molecule has 6 nitrogen and oxygen atoms in total. The van der Waals surface area contributed by atoms with Crippen molar-refractivity contribution in [2.24, 2.45) is 50.2 Å². The van der Waals surface area contributed by atoms with Gasteiger partial charge in [-0.05, 0) is 105 Å². The van der Waals surface area contributed by atoms with E-state index in [2.05, 4.69) is 40.7 Å². The zero-order valence-corrected chi connectivity index (χ0v) is 24.5. The largest absolute Gasteiger partial charge is 0.481 e. The van der Waals surface area contributed by atoms with E-state index < -0.39 is 22.8 Å². The van der Waals surface area contributed by atoms with E-state index >= 15 is 0 Å². The van der Waals surface area contributed by atoms with Crippen molar-refractivity contribution >= 4 is 17.9 Å². The zero-order valence-electron chi connectivity index (χ0n) is 24.5. The molecule has 5 rings (SSSR count). The SMILES string of the molecule is CC(=O)O[C@@H]1CC[C@]2(C)[C@H]3CC=C4[C@@H]5C[C@](C)(C(=O)O)CC[C@]5(C(=O)O)CC[C@@]4(C)[C@]3(C)CC[C@H]2C1(C)C. The number of carbonyl (C=O) groups excluding carboxylic acids is 1. The second-order valence-corrected chi connectivity index (χ2v) is 15.3. The molecular formula is C32H48O6. The number of allylic oxidation sites excluding steroid dienone is 2. The third kappa shape index (κ3) is 3.39. The molecule has 0 aromatic carbocycles. The van der Waals surface area contributed by atoms with Gasteiger partial charge in [-0.15, -0.1) is 0 Å². The average molecular weight is 529 g/mol. The summed E-state index contributed by atoms with van der Waals surface area (Å²) >= 11 is 0. The monoisotopic (exact) mass is 528 g/mol. The number of aliphatic carboxylic acids is 2. The van der Waals surface area contributed by atoms with Gasteiger partial charge in [0.25, 0.3) is 0 Å². The molecule has 38 heavy (non-hydrogen) atoms. The normalized spacial score (nSPS) is 49.3. The maximum atomic E-state index is 12.8. The summed E-state index contributed by atoms with van der Waals surface area (Å²) < 4.78 is 5.84. The van der Waals surface area contributed by atoms with E-state index in [4.69, 9.17) is 4.74 Å². The van der Waals surface area contributed by atoms with Crippen molar-refractivity contribution in [3.8, 4) is 0 Å². The zero-order chi connectivity index (χ0) is 28.1. The highest BCUT2D eigenvalue weighted by Gasteiger charge is 2.70. The van der Waals surface area contributed by atoms with Gasteiger partial charge in [-0.2, -0.15) is 0 Å². The van der Waals surface area contributed by atoms with Crippen LogP contribution in [-0.4, -0.2) is 34.2 Å². The predicted octanol–water partition coefficient (Wildman–Crippen LogP) is 6.87. The van der Waals surface area contributed by atoms with Gasteiger partial charge in [-0.3, -0.25) is 14.4 Å². The summed E-state index contributed by atoms with van der Waals surface area (Å²) in [6.45, 7) is 15.2. The Kier molecular flexibility index (Phi) is 6.07. The maximum absolute atomic E-state index is 12.8. The molecule has 212 valence electrons. The van der Waals surface area contributed by atoms with Crippen LogP contribution in [0.1, 0.15) is 113 Å². The van der Waals surface area contributed by atoms with Crippen molar-refractivity contribution in [1.82, 2.24) is 0 Å². The van der Waals surface area contributed by atoms with Crippen molar-refractivity contribution < 1.29 is 29.3 Å². The van der Waals surface area contributed by atoms with Crippen molar-refractivity contribution in [2.75, 3.05) is 0 Å². The van der Waals surface area contributed by atoms with E-state index in [1.54, 1.807) is 0 Å². The summed E-state index contributed by atoms with van der Waals surface area (Å²) in [6, 6.07) is 0. The summed E-state index contributed by atoms with van der Waals surface area (Å²) in [5.41, 5.74) is -0.649. The lowest BCUT2D eigenvalue weighted by Crippen LogP contribution is -2.65. The molecular weight excluding hydrogens is 480 g/mol. The number of rotatable bonds is 3. The lowest BCUT2D eigenvalue weighted by atomic mass is 9.33. The van der Waals surface area contributed by atoms with Gasteiger partial charge in [0.05, 0.1) is 10.8 Å². The number of fused-ring (bicyclic) bond motifs is 7. The van der Waals surface area contributed by atoms with Crippen LogP contribution < -0.4 is 0 Å². The fourth-order valence-electron chi connectivity index (χ4n) is 11.0. The first-order valence-electron chi connectivity index (χ1n) is 14.8. The van der Waals surface area contributed by atoms with Crippen molar-refractivity contribution in [3.63, 3.8) is 0 Å². The lowest BCUT2D eigenvalue weighted by Gasteiger charge is -2.71. The van der Waals surface area contributed by atoms with Crippen LogP contribution in [0.15, 0.2) is 11.6 Å². The van der Waals surface area contributed by atoms with E-state index in [1.165, 1.54) is 12.5 Å². The highest BCUT2D eigenvalue weighted by atomic mass is 16.5. The van der Waals surface area contributed by atoms with E-state index in [0.29, 0.717) is 37.5 Å². The molecule has 6 heteroatoms. The number of carboxylic acids is 2. The first kappa shape index (κ1) is 27.7. The Labute approximate surface area is 228 Å². The first-order chi connectivity index (χ1) is 17.5. The van der Waals surface area contributed by atoms with Crippen molar-refractivity contribution in [1.29, 1.82) is 0 Å². The number of hydrogen-bond acceptors (Lipinski definition) is 4. The summed E-state index contributed by atoms with van der Waals surface area (Å²) in [7, 11) is 0. The molecule has 0 amide bonds. The van der Waals surface area contributed by atoms with Crippen LogP contribution >= 0.6 is 0 Å². The third-order valence-corrected chi connectivity index (χ3v) is 13.6. The second kappa shape index (κ2) is 8.33. The predicted molar refractivity (Wildman–Crippen MR) is 144 cm³/mol. The molecule has 0 radical (unpaired) electrons. The number of ether oxygens (including phenoxy) is 1. The molecule has 5 aliphatic carbocycles. The van der Waals surface area contributed by atoms with Crippen LogP contribution in [0.5, 0.6) is 0 Å². The van der Waals surface area contributed by atoms with Gasteiger partial charge in [-0.25, -0.2) is 0 Å². The molecule has 0 heterocycles. The van der Waals surface area contributed by atoms with Gasteiger partial charge in [0.2, 0.25) is 0 Å². The summed E-state index contributed by atoms with van der Waals surface area (Å²) in [5.74, 6) is -1.08. The van der Waals surface area contributed by atoms with Gasteiger partial charge >= 0.3 is 17.9 Å². The van der Waals surface area contributed by atoms with Gasteiger partial charge in [0.15, 0.2) is 0 Å². The molecule has 4 saturated carbocycles. The molecule has 5 aliphatic rings. The number of carboxylic acid groups (broad SMARTS) is 2. The summed E-state index contributed by atoms with van der Waals surface area (Å²) in [6.07, 6.45) is 10.0. The van der Waals surface area contributed by atoms with E-state index in [1.807, 2.05) is 6.92 Å². The fraction of sp³-hybridized carbons (Fsp3) is 0.844. The average Bonchev–Trinajstić information content (AvgIpc) is 2.81. The van der Waals surface area contributed by atoms with E-state index in [9.17, 15) is 24.6 Å². The van der Waals surface area contributed by atoms with Crippen LogP contribution in [0, 0.1) is 50.2 Å². The molecule has 9 atom stereocenters. The first-order valence-corrected chi connectivity index (χ1v) is 14.8.